The Kier molecular flexibility index (Phi) is 6.44. The molecule has 23 heavy (non-hydrogen) atoms. The van der Waals surface area contributed by atoms with Gasteiger partial charge in [-0.2, -0.15) is 0 Å². The van der Waals surface area contributed by atoms with Crippen molar-refractivity contribution in [2.75, 3.05) is 18.9 Å². The van der Waals surface area contributed by atoms with Crippen LogP contribution >= 0.6 is 0 Å². The highest BCUT2D eigenvalue weighted by Crippen LogP contribution is 2.29. The summed E-state index contributed by atoms with van der Waals surface area (Å²) in [6.07, 6.45) is 5.56. The van der Waals surface area contributed by atoms with Crippen molar-refractivity contribution in [1.82, 2.24) is 5.32 Å². The van der Waals surface area contributed by atoms with Gasteiger partial charge in [0, 0.05) is 30.3 Å². The van der Waals surface area contributed by atoms with E-state index in [-0.39, 0.29) is 5.91 Å². The second-order valence-corrected chi connectivity index (χ2v) is 6.45. The maximum absolute atomic E-state index is 11.8. The summed E-state index contributed by atoms with van der Waals surface area (Å²) < 4.78 is 5.55. The maximum Gasteiger partial charge on any atom is 0.220 e. The molecule has 1 aromatic rings. The summed E-state index contributed by atoms with van der Waals surface area (Å²) in [5, 5.41) is 3.01. The van der Waals surface area contributed by atoms with E-state index < -0.39 is 0 Å². The molecule has 0 aromatic heterocycles. The first-order valence-electron chi connectivity index (χ1n) is 8.32. The molecule has 0 bridgehead atoms. The molecule has 1 aliphatic rings. The van der Waals surface area contributed by atoms with Crippen LogP contribution in [0.5, 0.6) is 5.75 Å². The van der Waals surface area contributed by atoms with Crippen LogP contribution in [0.2, 0.25) is 0 Å². The van der Waals surface area contributed by atoms with Crippen LogP contribution in [-0.4, -0.2) is 25.3 Å². The van der Waals surface area contributed by atoms with Gasteiger partial charge in [0.25, 0.3) is 0 Å². The van der Waals surface area contributed by atoms with Crippen LogP contribution in [0.25, 0.3) is 0 Å². The Morgan fingerprint density at radius 1 is 1.43 bits per heavy atom. The lowest BCUT2D eigenvalue weighted by Crippen LogP contribution is -2.28. The number of anilines is 1. The highest BCUT2D eigenvalue weighted by Gasteiger charge is 2.21. The molecule has 5 heteroatoms. The van der Waals surface area contributed by atoms with E-state index in [0.717, 1.165) is 12.5 Å². The number of benzene rings is 1. The zero-order valence-corrected chi connectivity index (χ0v) is 13.7. The fraction of sp³-hybridized carbons (Fsp3) is 0.556. The quantitative estimate of drug-likeness (QED) is 0.439. The predicted octanol–water partition coefficient (Wildman–Crippen LogP) is 2.79. The van der Waals surface area contributed by atoms with Gasteiger partial charge in [-0.1, -0.05) is 13.3 Å². The Balaban J connectivity index is 1.60. The van der Waals surface area contributed by atoms with Gasteiger partial charge in [-0.15, -0.1) is 0 Å². The highest BCUT2D eigenvalue weighted by molar-refractivity contribution is 5.83. The Hall–Kier alpha value is -2.04. The summed E-state index contributed by atoms with van der Waals surface area (Å²) in [5.74, 6) is 2.14. The lowest BCUT2D eigenvalue weighted by Gasteiger charge is -2.11. The third kappa shape index (κ3) is 5.58. The van der Waals surface area contributed by atoms with Gasteiger partial charge in [0.1, 0.15) is 5.75 Å². The van der Waals surface area contributed by atoms with Crippen molar-refractivity contribution >= 4 is 17.9 Å². The molecule has 0 heterocycles. The lowest BCUT2D eigenvalue weighted by molar-refractivity contribution is -0.121. The second kappa shape index (κ2) is 8.56. The van der Waals surface area contributed by atoms with Gasteiger partial charge in [0.05, 0.1) is 6.61 Å². The topological polar surface area (TPSA) is 81.4 Å². The molecule has 2 unspecified atom stereocenters. The number of aldehydes is 1. The third-order valence-electron chi connectivity index (χ3n) is 4.39. The molecule has 1 fully saturated rings. The van der Waals surface area contributed by atoms with Crippen molar-refractivity contribution in [3.05, 3.63) is 23.8 Å². The summed E-state index contributed by atoms with van der Waals surface area (Å²) in [5.41, 5.74) is 6.58. The zero-order chi connectivity index (χ0) is 16.7. The van der Waals surface area contributed by atoms with Gasteiger partial charge in [0.2, 0.25) is 5.91 Å². The number of amides is 1. The van der Waals surface area contributed by atoms with E-state index in [2.05, 4.69) is 12.2 Å². The van der Waals surface area contributed by atoms with Crippen molar-refractivity contribution in [2.45, 2.75) is 39.0 Å². The SMILES string of the molecule is CC1CCC(CNC(=O)CCCOc2ccc(C=O)c(N)c2)C1. The van der Waals surface area contributed by atoms with Gasteiger partial charge in [0.15, 0.2) is 6.29 Å². The third-order valence-corrected chi connectivity index (χ3v) is 4.39. The molecule has 1 saturated carbocycles. The van der Waals surface area contributed by atoms with E-state index in [4.69, 9.17) is 10.5 Å². The summed E-state index contributed by atoms with van der Waals surface area (Å²) in [6, 6.07) is 4.97. The van der Waals surface area contributed by atoms with Crippen LogP contribution in [-0.2, 0) is 4.79 Å². The molecule has 1 amide bonds. The molecule has 0 spiro atoms. The number of carbonyl (C=O) groups is 2. The molecule has 126 valence electrons. The molecular weight excluding hydrogens is 292 g/mol. The van der Waals surface area contributed by atoms with E-state index in [1.54, 1.807) is 18.2 Å². The van der Waals surface area contributed by atoms with Gasteiger partial charge in [-0.3, -0.25) is 9.59 Å². The fourth-order valence-corrected chi connectivity index (χ4v) is 3.03. The smallest absolute Gasteiger partial charge is 0.220 e. The largest absolute Gasteiger partial charge is 0.494 e. The number of hydrogen-bond donors (Lipinski definition) is 2. The highest BCUT2D eigenvalue weighted by atomic mass is 16.5. The number of nitrogens with one attached hydrogen (secondary N) is 1. The first kappa shape index (κ1) is 17.3. The monoisotopic (exact) mass is 318 g/mol. The van der Waals surface area contributed by atoms with E-state index in [1.165, 1.54) is 19.3 Å². The zero-order valence-electron chi connectivity index (χ0n) is 13.7. The number of nitrogens with two attached hydrogens (primary N) is 1. The molecule has 3 N–H and O–H groups in total. The minimum atomic E-state index is 0.0870. The normalized spacial score (nSPS) is 20.2. The molecular formula is C18H26N2O3. The average molecular weight is 318 g/mol. The number of nitrogen functional groups attached to an aromatic ring is 1. The van der Waals surface area contributed by atoms with E-state index in [1.807, 2.05) is 0 Å². The number of rotatable bonds is 8. The van der Waals surface area contributed by atoms with Gasteiger partial charge in [-0.05, 0) is 43.2 Å². The summed E-state index contributed by atoms with van der Waals surface area (Å²) in [7, 11) is 0. The van der Waals surface area contributed by atoms with Crippen LogP contribution in [0.3, 0.4) is 0 Å². The van der Waals surface area contributed by atoms with Crippen molar-refractivity contribution in [1.29, 1.82) is 0 Å². The number of carbonyl (C=O) groups excluding carboxylic acids is 2. The Bertz CT molecular complexity index is 545. The van der Waals surface area contributed by atoms with Crippen molar-refractivity contribution in [3.63, 3.8) is 0 Å². The lowest BCUT2D eigenvalue weighted by atomic mass is 10.1. The molecule has 1 aliphatic carbocycles. The van der Waals surface area contributed by atoms with Gasteiger partial charge in [-0.25, -0.2) is 0 Å². The van der Waals surface area contributed by atoms with Crippen molar-refractivity contribution in [2.24, 2.45) is 11.8 Å². The fourth-order valence-electron chi connectivity index (χ4n) is 3.03. The van der Waals surface area contributed by atoms with Crippen molar-refractivity contribution < 1.29 is 14.3 Å². The molecule has 1 aromatic carbocycles. The first-order valence-corrected chi connectivity index (χ1v) is 8.32. The standard InChI is InChI=1S/C18H26N2O3/c1-13-4-5-14(9-13)11-20-18(22)3-2-8-23-16-7-6-15(12-21)17(19)10-16/h6-7,10,12-14H,2-5,8-9,11,19H2,1H3,(H,20,22). The predicted molar refractivity (Wildman–Crippen MR) is 90.5 cm³/mol. The Morgan fingerprint density at radius 2 is 2.26 bits per heavy atom. The molecule has 0 aliphatic heterocycles. The van der Waals surface area contributed by atoms with Crippen molar-refractivity contribution in [3.8, 4) is 5.75 Å². The number of hydrogen-bond acceptors (Lipinski definition) is 4. The van der Waals surface area contributed by atoms with E-state index >= 15 is 0 Å². The molecule has 0 radical (unpaired) electrons. The van der Waals surface area contributed by atoms with Crippen LogP contribution in [0.15, 0.2) is 18.2 Å². The second-order valence-electron chi connectivity index (χ2n) is 6.45. The van der Waals surface area contributed by atoms with E-state index in [0.29, 0.717) is 48.7 Å². The number of ether oxygens (including phenoxy) is 1. The van der Waals surface area contributed by atoms with Crippen LogP contribution in [0.4, 0.5) is 5.69 Å². The minimum absolute atomic E-state index is 0.0870. The molecule has 0 saturated heterocycles. The summed E-state index contributed by atoms with van der Waals surface area (Å²) >= 11 is 0. The maximum atomic E-state index is 11.8. The molecule has 2 atom stereocenters. The van der Waals surface area contributed by atoms with E-state index in [9.17, 15) is 9.59 Å². The van der Waals surface area contributed by atoms with Crippen LogP contribution < -0.4 is 15.8 Å². The first-order chi connectivity index (χ1) is 11.1. The summed E-state index contributed by atoms with van der Waals surface area (Å²) in [6.45, 7) is 3.52. The minimum Gasteiger partial charge on any atom is -0.494 e. The Labute approximate surface area is 137 Å². The summed E-state index contributed by atoms with van der Waals surface area (Å²) in [4.78, 5) is 22.5. The molecule has 2 rings (SSSR count). The molecule has 5 nitrogen and oxygen atoms in total. The average Bonchev–Trinajstić information content (AvgIpc) is 2.95. The van der Waals surface area contributed by atoms with Gasteiger partial charge >= 0.3 is 0 Å². The van der Waals surface area contributed by atoms with Crippen LogP contribution in [0, 0.1) is 11.8 Å². The van der Waals surface area contributed by atoms with Crippen LogP contribution in [0.1, 0.15) is 49.4 Å². The Morgan fingerprint density at radius 3 is 2.91 bits per heavy atom. The van der Waals surface area contributed by atoms with Gasteiger partial charge < -0.3 is 15.8 Å².